The van der Waals surface area contributed by atoms with E-state index in [9.17, 15) is 66.1 Å². The summed E-state index contributed by atoms with van der Waals surface area (Å²) in [5.74, 6) is -0.745. The van der Waals surface area contributed by atoms with Gasteiger partial charge in [-0.3, -0.25) is 4.79 Å². The highest BCUT2D eigenvalue weighted by Gasteiger charge is 2.55. The quantitative estimate of drug-likeness (QED) is 0.0949. The van der Waals surface area contributed by atoms with Crippen molar-refractivity contribution in [2.24, 2.45) is 0 Å². The van der Waals surface area contributed by atoms with E-state index in [4.69, 9.17) is 33.2 Å². The second-order valence-corrected chi connectivity index (χ2v) is 12.2. The van der Waals surface area contributed by atoms with E-state index in [1.807, 2.05) is 0 Å². The number of carbonyl (C=O) groups excluding carboxylic acids is 1. The summed E-state index contributed by atoms with van der Waals surface area (Å²) >= 11 is 0. The van der Waals surface area contributed by atoms with Gasteiger partial charge in [0.25, 0.3) is 0 Å². The summed E-state index contributed by atoms with van der Waals surface area (Å²) in [6, 6.07) is -1.58. The minimum absolute atomic E-state index is 0.678. The van der Waals surface area contributed by atoms with Crippen LogP contribution in [0.1, 0.15) is 13.8 Å². The van der Waals surface area contributed by atoms with Gasteiger partial charge >= 0.3 is 0 Å². The number of ether oxygens (including phenoxy) is 7. The first kappa shape index (κ1) is 39.5. The van der Waals surface area contributed by atoms with Gasteiger partial charge < -0.3 is 99.8 Å². The van der Waals surface area contributed by atoms with Gasteiger partial charge in [-0.15, -0.1) is 0 Å². The molecule has 0 saturated carbocycles. The number of carbonyl (C=O) groups is 1. The van der Waals surface area contributed by atoms with Crippen LogP contribution >= 0.6 is 0 Å². The Bertz CT molecular complexity index is 1030. The predicted molar refractivity (Wildman–Crippen MR) is 149 cm³/mol. The fourth-order valence-corrected chi connectivity index (χ4v) is 6.15. The molecule has 4 fully saturated rings. The Morgan fingerprint density at radius 1 is 0.521 bits per heavy atom. The van der Waals surface area contributed by atoms with Gasteiger partial charge in [-0.1, -0.05) is 0 Å². The fourth-order valence-electron chi connectivity index (χ4n) is 6.15. The van der Waals surface area contributed by atoms with Crippen LogP contribution in [0.3, 0.4) is 0 Å². The van der Waals surface area contributed by atoms with Crippen LogP contribution in [0.4, 0.5) is 0 Å². The first-order valence-electron chi connectivity index (χ1n) is 15.4. The minimum Gasteiger partial charge on any atom is -0.394 e. The number of nitrogens with one attached hydrogen (secondary N) is 1. The minimum atomic E-state index is -1.98. The molecule has 4 aliphatic rings. The summed E-state index contributed by atoms with van der Waals surface area (Å²) in [6.45, 7) is -0.709. The molecule has 0 radical (unpaired) electrons. The van der Waals surface area contributed by atoms with E-state index in [-0.39, 0.29) is 0 Å². The van der Waals surface area contributed by atoms with Crippen molar-refractivity contribution in [1.29, 1.82) is 0 Å². The van der Waals surface area contributed by atoms with E-state index < -0.39 is 155 Å². The molecule has 4 saturated heterocycles. The third-order valence-electron chi connectivity index (χ3n) is 8.87. The number of hydrogen-bond donors (Lipinski definition) is 13. The van der Waals surface area contributed by atoms with Crippen LogP contribution in [0.25, 0.3) is 0 Å². The maximum absolute atomic E-state index is 12.3. The van der Waals surface area contributed by atoms with Crippen molar-refractivity contribution in [2.45, 2.75) is 136 Å². The maximum atomic E-state index is 12.3. The van der Waals surface area contributed by atoms with Crippen molar-refractivity contribution >= 4 is 5.91 Å². The molecule has 0 bridgehead atoms. The zero-order chi connectivity index (χ0) is 35.6. The fraction of sp³-hybridized carbons (Fsp3) is 0.963. The van der Waals surface area contributed by atoms with Crippen molar-refractivity contribution in [1.82, 2.24) is 5.32 Å². The van der Waals surface area contributed by atoms with Gasteiger partial charge in [0.05, 0.1) is 32.5 Å². The van der Waals surface area contributed by atoms with Crippen molar-refractivity contribution in [3.05, 3.63) is 0 Å². The number of aliphatic hydroxyl groups is 12. The molecule has 21 nitrogen and oxygen atoms in total. The summed E-state index contributed by atoms with van der Waals surface area (Å²) in [7, 11) is 0. The molecule has 12 unspecified atom stereocenters. The highest BCUT2D eigenvalue weighted by atomic mass is 16.8. The Balaban J connectivity index is 1.61. The van der Waals surface area contributed by atoms with E-state index in [2.05, 4.69) is 5.32 Å². The first-order valence-corrected chi connectivity index (χ1v) is 15.4. The van der Waals surface area contributed by atoms with Crippen LogP contribution in [-0.2, 0) is 38.0 Å². The number of rotatable bonds is 11. The molecule has 0 aromatic carbocycles. The average Bonchev–Trinajstić information content (AvgIpc) is 3.06. The van der Waals surface area contributed by atoms with E-state index in [0.29, 0.717) is 0 Å². The summed E-state index contributed by atoms with van der Waals surface area (Å²) in [5, 5.41) is 127. The topological polar surface area (TPSA) is 336 Å². The third kappa shape index (κ3) is 8.10. The smallest absolute Gasteiger partial charge is 0.217 e. The zero-order valence-electron chi connectivity index (χ0n) is 26.0. The van der Waals surface area contributed by atoms with Crippen LogP contribution in [0.15, 0.2) is 0 Å². The monoisotopic (exact) mass is 705 g/mol. The van der Waals surface area contributed by atoms with E-state index in [1.165, 1.54) is 6.92 Å². The molecule has 48 heavy (non-hydrogen) atoms. The SMILES string of the molecule is CC(=O)NC1C(O[C@@H]2OC(CO)[C@H](O)C(O)C2O)[C@@H](O)C(CO)O[C@H]1OC1C(O)[C@@H](O[C@H]2C(CO)O[C@@H](C)C(O)C2O)OC(CO)[C@@H]1O. The molecule has 21 heteroatoms. The normalized spacial score (nSPS) is 50.2. The van der Waals surface area contributed by atoms with Crippen LogP contribution in [0.5, 0.6) is 0 Å². The molecule has 0 aliphatic carbocycles. The third-order valence-corrected chi connectivity index (χ3v) is 8.87. The van der Waals surface area contributed by atoms with Crippen LogP contribution < -0.4 is 5.32 Å². The van der Waals surface area contributed by atoms with E-state index >= 15 is 0 Å². The lowest BCUT2D eigenvalue weighted by atomic mass is 9.94. The van der Waals surface area contributed by atoms with Crippen LogP contribution in [0.2, 0.25) is 0 Å². The Morgan fingerprint density at radius 3 is 1.52 bits per heavy atom. The lowest BCUT2D eigenvalue weighted by Crippen LogP contribution is -2.70. The lowest BCUT2D eigenvalue weighted by Gasteiger charge is -2.50. The van der Waals surface area contributed by atoms with Gasteiger partial charge in [0.15, 0.2) is 18.9 Å². The zero-order valence-corrected chi connectivity index (χ0v) is 26.0. The molecule has 4 rings (SSSR count). The molecule has 4 heterocycles. The van der Waals surface area contributed by atoms with Gasteiger partial charge in [0.1, 0.15) is 97.6 Å². The Kier molecular flexibility index (Phi) is 13.8. The molecule has 0 aromatic heterocycles. The van der Waals surface area contributed by atoms with E-state index in [1.54, 1.807) is 0 Å². The summed E-state index contributed by atoms with van der Waals surface area (Å²) in [5.41, 5.74) is 0. The van der Waals surface area contributed by atoms with Crippen molar-refractivity contribution < 1.29 is 99.2 Å². The molecular weight excluding hydrogens is 658 g/mol. The van der Waals surface area contributed by atoms with E-state index in [0.717, 1.165) is 6.92 Å². The highest BCUT2D eigenvalue weighted by Crippen LogP contribution is 2.34. The largest absolute Gasteiger partial charge is 0.394 e. The highest BCUT2D eigenvalue weighted by molar-refractivity contribution is 5.73. The maximum Gasteiger partial charge on any atom is 0.217 e. The molecule has 20 atom stereocenters. The Morgan fingerprint density at radius 2 is 0.979 bits per heavy atom. The van der Waals surface area contributed by atoms with Crippen LogP contribution in [-0.4, -0.2) is 216 Å². The Labute approximate surface area is 273 Å². The van der Waals surface area contributed by atoms with Crippen molar-refractivity contribution in [3.8, 4) is 0 Å². The van der Waals surface area contributed by atoms with Gasteiger partial charge in [0.2, 0.25) is 5.91 Å². The number of amides is 1. The number of aliphatic hydroxyl groups excluding tert-OH is 12. The molecule has 13 N–H and O–H groups in total. The second-order valence-electron chi connectivity index (χ2n) is 12.2. The lowest BCUT2D eigenvalue weighted by molar-refractivity contribution is -0.375. The first-order chi connectivity index (χ1) is 22.7. The summed E-state index contributed by atoms with van der Waals surface area (Å²) in [6.07, 6.45) is -31.2. The van der Waals surface area contributed by atoms with Crippen molar-refractivity contribution in [2.75, 3.05) is 26.4 Å². The molecule has 1 amide bonds. The summed E-state index contributed by atoms with van der Waals surface area (Å²) in [4.78, 5) is 12.3. The van der Waals surface area contributed by atoms with Gasteiger partial charge in [0, 0.05) is 6.92 Å². The predicted octanol–water partition coefficient (Wildman–Crippen LogP) is -8.53. The molecular formula is C27H47NO20. The summed E-state index contributed by atoms with van der Waals surface area (Å²) < 4.78 is 39.4. The van der Waals surface area contributed by atoms with Crippen molar-refractivity contribution in [3.63, 3.8) is 0 Å². The average molecular weight is 706 g/mol. The second kappa shape index (κ2) is 16.8. The molecule has 280 valence electrons. The molecule has 0 spiro atoms. The van der Waals surface area contributed by atoms with Gasteiger partial charge in [-0.05, 0) is 6.92 Å². The van der Waals surface area contributed by atoms with Crippen LogP contribution in [0, 0.1) is 0 Å². The Hall–Kier alpha value is -1.29. The molecule has 0 aromatic rings. The standard InChI is InChI=1S/C27H47NO20/c1-7-14(34)19(39)22(12(6-32)42-7)46-27-21(41)24(17(37)11(5-31)45-27)48-25-13(28-8(2)33)23(16(36)10(4-30)43-25)47-26-20(40)18(38)15(35)9(3-29)44-26/h7,9-27,29-32,34-41H,3-6H2,1-2H3,(H,28,33)/t7-,9?,10?,11?,12?,13?,14?,15-,16-,17-,18?,19?,20?,21?,22-,23?,24?,25-,26-,27+/m0/s1. The van der Waals surface area contributed by atoms with Gasteiger partial charge in [-0.2, -0.15) is 0 Å². The van der Waals surface area contributed by atoms with Gasteiger partial charge in [-0.25, -0.2) is 0 Å². The number of hydrogen-bond acceptors (Lipinski definition) is 20. The molecule has 4 aliphatic heterocycles.